The average Bonchev–Trinajstić information content (AvgIpc) is 2.42. The minimum Gasteiger partial charge on any atom is -0.497 e. The number of anilines is 3. The van der Waals surface area contributed by atoms with Crippen molar-refractivity contribution in [1.82, 2.24) is 0 Å². The number of hydrogen-bond acceptors (Lipinski definition) is 4. The van der Waals surface area contributed by atoms with Gasteiger partial charge in [0.15, 0.2) is 0 Å². The molecule has 4 N–H and O–H groups in total. The highest BCUT2D eigenvalue weighted by Crippen LogP contribution is 2.26. The molecule has 0 saturated carbocycles. The van der Waals surface area contributed by atoms with E-state index in [1.165, 1.54) is 6.07 Å². The van der Waals surface area contributed by atoms with E-state index in [9.17, 15) is 4.79 Å². The van der Waals surface area contributed by atoms with Gasteiger partial charge in [-0.1, -0.05) is 0 Å². The van der Waals surface area contributed by atoms with Gasteiger partial charge < -0.3 is 20.9 Å². The van der Waals surface area contributed by atoms with E-state index in [4.69, 9.17) is 15.6 Å². The Hall–Kier alpha value is -2.69. The van der Waals surface area contributed by atoms with Crippen LogP contribution in [0.15, 0.2) is 36.4 Å². The molecule has 0 aliphatic carbocycles. The fourth-order valence-corrected chi connectivity index (χ4v) is 1.88. The number of nitrogens with one attached hydrogen (secondary N) is 1. The van der Waals surface area contributed by atoms with E-state index >= 15 is 0 Å². The largest absolute Gasteiger partial charge is 0.497 e. The maximum atomic E-state index is 11.1. The lowest BCUT2D eigenvalue weighted by Gasteiger charge is -2.12. The zero-order valence-corrected chi connectivity index (χ0v) is 11.3. The highest BCUT2D eigenvalue weighted by molar-refractivity contribution is 5.95. The van der Waals surface area contributed by atoms with Gasteiger partial charge in [-0.3, -0.25) is 0 Å². The molecule has 0 amide bonds. The number of nitrogens with two attached hydrogens (primary N) is 1. The molecule has 0 aliphatic heterocycles. The second kappa shape index (κ2) is 5.52. The number of aromatic carboxylic acids is 1. The van der Waals surface area contributed by atoms with Gasteiger partial charge in [-0.25, -0.2) is 4.79 Å². The van der Waals surface area contributed by atoms with Gasteiger partial charge in [0.05, 0.1) is 12.7 Å². The van der Waals surface area contributed by atoms with Crippen LogP contribution in [-0.4, -0.2) is 18.2 Å². The molecule has 5 heteroatoms. The molecule has 5 nitrogen and oxygen atoms in total. The van der Waals surface area contributed by atoms with Crippen LogP contribution in [0.4, 0.5) is 17.1 Å². The molecule has 0 radical (unpaired) electrons. The molecule has 0 spiro atoms. The minimum absolute atomic E-state index is 0.0844. The van der Waals surface area contributed by atoms with Crippen molar-refractivity contribution in [3.05, 3.63) is 47.5 Å². The Labute approximate surface area is 117 Å². The first-order valence-corrected chi connectivity index (χ1v) is 6.05. The van der Waals surface area contributed by atoms with Gasteiger partial charge in [-0.2, -0.15) is 0 Å². The number of aryl methyl sites for hydroxylation is 1. The predicted octanol–water partition coefficient (Wildman–Crippen LogP) is 3.03. The lowest BCUT2D eigenvalue weighted by atomic mass is 10.1. The highest BCUT2D eigenvalue weighted by Gasteiger charge is 2.09. The Kier molecular flexibility index (Phi) is 3.79. The van der Waals surface area contributed by atoms with Crippen molar-refractivity contribution in [2.24, 2.45) is 0 Å². The molecule has 0 fully saturated rings. The standard InChI is InChI=1S/C15H16N2O3/c1-9-7-11(20-2)4-6-14(9)17-10-3-5-13(16)12(8-10)15(18)19/h3-8,17H,16H2,1-2H3,(H,18,19). The Morgan fingerprint density at radius 2 is 2.00 bits per heavy atom. The first kappa shape index (κ1) is 13.7. The molecule has 20 heavy (non-hydrogen) atoms. The van der Waals surface area contributed by atoms with Crippen LogP contribution in [-0.2, 0) is 0 Å². The quantitative estimate of drug-likeness (QED) is 0.745. The summed E-state index contributed by atoms with van der Waals surface area (Å²) in [6.45, 7) is 1.94. The second-order valence-electron chi connectivity index (χ2n) is 4.41. The van der Waals surface area contributed by atoms with Gasteiger partial charge in [0.1, 0.15) is 5.75 Å². The third-order valence-corrected chi connectivity index (χ3v) is 3.00. The van der Waals surface area contributed by atoms with Crippen molar-refractivity contribution >= 4 is 23.0 Å². The van der Waals surface area contributed by atoms with E-state index in [1.54, 1.807) is 19.2 Å². The molecule has 0 bridgehead atoms. The van der Waals surface area contributed by atoms with Crippen molar-refractivity contribution in [1.29, 1.82) is 0 Å². The smallest absolute Gasteiger partial charge is 0.337 e. The molecule has 0 aliphatic rings. The molecular weight excluding hydrogens is 256 g/mol. The summed E-state index contributed by atoms with van der Waals surface area (Å²) in [5.41, 5.74) is 8.51. The second-order valence-corrected chi connectivity index (χ2v) is 4.41. The number of ether oxygens (including phenoxy) is 1. The molecule has 2 aromatic carbocycles. The van der Waals surface area contributed by atoms with Gasteiger partial charge in [-0.05, 0) is 48.9 Å². The fourth-order valence-electron chi connectivity index (χ4n) is 1.88. The third kappa shape index (κ3) is 2.83. The van der Waals surface area contributed by atoms with Crippen LogP contribution in [0.2, 0.25) is 0 Å². The SMILES string of the molecule is COc1ccc(Nc2ccc(N)c(C(=O)O)c2)c(C)c1. The predicted molar refractivity (Wildman–Crippen MR) is 78.8 cm³/mol. The van der Waals surface area contributed by atoms with Crippen LogP contribution in [0.3, 0.4) is 0 Å². The van der Waals surface area contributed by atoms with Crippen LogP contribution in [0.1, 0.15) is 15.9 Å². The summed E-state index contributed by atoms with van der Waals surface area (Å²) in [4.78, 5) is 11.1. The topological polar surface area (TPSA) is 84.6 Å². The maximum absolute atomic E-state index is 11.1. The van der Waals surface area contributed by atoms with Gasteiger partial charge in [-0.15, -0.1) is 0 Å². The van der Waals surface area contributed by atoms with Gasteiger partial charge in [0.2, 0.25) is 0 Å². The van der Waals surface area contributed by atoms with E-state index in [0.29, 0.717) is 5.69 Å². The van der Waals surface area contributed by atoms with E-state index in [-0.39, 0.29) is 11.3 Å². The molecule has 2 aromatic rings. The summed E-state index contributed by atoms with van der Waals surface area (Å²) in [7, 11) is 1.61. The number of methoxy groups -OCH3 is 1. The van der Waals surface area contributed by atoms with Gasteiger partial charge in [0, 0.05) is 17.1 Å². The molecular formula is C15H16N2O3. The molecule has 0 atom stereocenters. The third-order valence-electron chi connectivity index (χ3n) is 3.00. The number of carboxylic acid groups (broad SMARTS) is 1. The zero-order valence-electron chi connectivity index (χ0n) is 11.3. The van der Waals surface area contributed by atoms with Crippen LogP contribution in [0.5, 0.6) is 5.75 Å². The zero-order chi connectivity index (χ0) is 14.7. The Morgan fingerprint density at radius 1 is 1.25 bits per heavy atom. The van der Waals surface area contributed by atoms with Crippen LogP contribution < -0.4 is 15.8 Å². The summed E-state index contributed by atoms with van der Waals surface area (Å²) in [5.74, 6) is -0.269. The molecule has 0 saturated heterocycles. The van der Waals surface area contributed by atoms with E-state index < -0.39 is 5.97 Å². The summed E-state index contributed by atoms with van der Waals surface area (Å²) in [6.07, 6.45) is 0. The van der Waals surface area contributed by atoms with Crippen molar-refractivity contribution in [2.75, 3.05) is 18.2 Å². The average molecular weight is 272 g/mol. The maximum Gasteiger partial charge on any atom is 0.337 e. The summed E-state index contributed by atoms with van der Waals surface area (Å²) in [6, 6.07) is 10.4. The molecule has 0 unspecified atom stereocenters. The lowest BCUT2D eigenvalue weighted by molar-refractivity contribution is 0.0698. The fraction of sp³-hybridized carbons (Fsp3) is 0.133. The van der Waals surface area contributed by atoms with Crippen LogP contribution in [0, 0.1) is 6.92 Å². The van der Waals surface area contributed by atoms with Gasteiger partial charge in [0.25, 0.3) is 0 Å². The van der Waals surface area contributed by atoms with E-state index in [2.05, 4.69) is 5.32 Å². The van der Waals surface area contributed by atoms with E-state index in [0.717, 1.165) is 17.0 Å². The Bertz CT molecular complexity index is 654. The number of benzene rings is 2. The molecule has 2 rings (SSSR count). The van der Waals surface area contributed by atoms with Gasteiger partial charge >= 0.3 is 5.97 Å². The lowest BCUT2D eigenvalue weighted by Crippen LogP contribution is -2.03. The summed E-state index contributed by atoms with van der Waals surface area (Å²) < 4.78 is 5.14. The molecule has 104 valence electrons. The summed E-state index contributed by atoms with van der Waals surface area (Å²) in [5, 5.41) is 12.2. The van der Waals surface area contributed by atoms with Crippen molar-refractivity contribution in [2.45, 2.75) is 6.92 Å². The number of carbonyl (C=O) groups is 1. The van der Waals surface area contributed by atoms with Crippen molar-refractivity contribution in [3.8, 4) is 5.75 Å². The minimum atomic E-state index is -1.04. The monoisotopic (exact) mass is 272 g/mol. The summed E-state index contributed by atoms with van der Waals surface area (Å²) >= 11 is 0. The molecule has 0 aromatic heterocycles. The van der Waals surface area contributed by atoms with Crippen LogP contribution >= 0.6 is 0 Å². The number of hydrogen-bond donors (Lipinski definition) is 3. The molecule has 0 heterocycles. The first-order valence-electron chi connectivity index (χ1n) is 6.05. The van der Waals surface area contributed by atoms with E-state index in [1.807, 2.05) is 25.1 Å². The Balaban J connectivity index is 2.30. The highest BCUT2D eigenvalue weighted by atomic mass is 16.5. The Morgan fingerprint density at radius 3 is 2.60 bits per heavy atom. The van der Waals surface area contributed by atoms with Crippen molar-refractivity contribution < 1.29 is 14.6 Å². The number of rotatable bonds is 4. The first-order chi connectivity index (χ1) is 9.51. The number of carboxylic acids is 1. The van der Waals surface area contributed by atoms with Crippen molar-refractivity contribution in [3.63, 3.8) is 0 Å². The van der Waals surface area contributed by atoms with Crippen LogP contribution in [0.25, 0.3) is 0 Å². The normalized spacial score (nSPS) is 10.1. The number of nitrogen functional groups attached to an aromatic ring is 1.